The first kappa shape index (κ1) is 16.4. The zero-order chi connectivity index (χ0) is 15.5. The van der Waals surface area contributed by atoms with Gasteiger partial charge in [-0.05, 0) is 25.7 Å². The second-order valence-corrected chi connectivity index (χ2v) is 5.70. The lowest BCUT2D eigenvalue weighted by atomic mass is 10.1. The highest BCUT2D eigenvalue weighted by molar-refractivity contribution is 5.80. The number of aliphatic imine (C=N–C) groups is 1. The molecule has 3 N–H and O–H groups in total. The van der Waals surface area contributed by atoms with E-state index in [1.54, 1.807) is 0 Å². The van der Waals surface area contributed by atoms with Gasteiger partial charge < -0.3 is 20.6 Å². The fraction of sp³-hybridized carbons (Fsp3) is 0.923. The van der Waals surface area contributed by atoms with Gasteiger partial charge >= 0.3 is 6.18 Å². The lowest BCUT2D eigenvalue weighted by molar-refractivity contribution is -0.201. The molecule has 0 aromatic heterocycles. The Labute approximate surface area is 122 Å². The highest BCUT2D eigenvalue weighted by atomic mass is 19.4. The second kappa shape index (κ2) is 6.83. The first-order valence-electron chi connectivity index (χ1n) is 7.36. The number of rotatable bonds is 4. The van der Waals surface area contributed by atoms with Crippen LogP contribution in [0.4, 0.5) is 13.2 Å². The molecule has 0 bridgehead atoms. The van der Waals surface area contributed by atoms with E-state index in [0.717, 1.165) is 32.0 Å². The van der Waals surface area contributed by atoms with Gasteiger partial charge in [-0.25, -0.2) is 0 Å². The van der Waals surface area contributed by atoms with E-state index >= 15 is 0 Å². The van der Waals surface area contributed by atoms with Crippen LogP contribution >= 0.6 is 0 Å². The number of hydrogen-bond donors (Lipinski definition) is 3. The van der Waals surface area contributed by atoms with Crippen molar-refractivity contribution >= 4 is 5.96 Å². The third-order valence-electron chi connectivity index (χ3n) is 4.00. The minimum absolute atomic E-state index is 0.217. The van der Waals surface area contributed by atoms with Gasteiger partial charge in [0.1, 0.15) is 0 Å². The number of aliphatic hydroxyl groups is 1. The highest BCUT2D eigenvalue weighted by Gasteiger charge is 2.38. The molecule has 1 heterocycles. The van der Waals surface area contributed by atoms with Crippen molar-refractivity contribution in [1.29, 1.82) is 0 Å². The van der Waals surface area contributed by atoms with Crippen LogP contribution in [-0.2, 0) is 0 Å². The third kappa shape index (κ3) is 5.03. The SMILES string of the molecule is CN=C(NCC(O)C(F)(F)F)NC1CCN(C2CC2)CC1. The Morgan fingerprint density at radius 3 is 2.38 bits per heavy atom. The highest BCUT2D eigenvalue weighted by Crippen LogP contribution is 2.29. The van der Waals surface area contributed by atoms with Crippen LogP contribution in [0.15, 0.2) is 4.99 Å². The van der Waals surface area contributed by atoms with Crippen LogP contribution in [0, 0.1) is 0 Å². The van der Waals surface area contributed by atoms with E-state index in [-0.39, 0.29) is 6.04 Å². The van der Waals surface area contributed by atoms with Gasteiger partial charge in [0.2, 0.25) is 0 Å². The van der Waals surface area contributed by atoms with Crippen LogP contribution in [0.1, 0.15) is 25.7 Å². The predicted octanol–water partition coefficient (Wildman–Crippen LogP) is 0.701. The number of piperidine rings is 1. The van der Waals surface area contributed by atoms with Crippen LogP contribution in [0.5, 0.6) is 0 Å². The Morgan fingerprint density at radius 2 is 1.90 bits per heavy atom. The van der Waals surface area contributed by atoms with Gasteiger partial charge in [-0.15, -0.1) is 0 Å². The first-order chi connectivity index (χ1) is 9.90. The standard InChI is InChI=1S/C13H23F3N4O/c1-17-12(18-8-11(21)13(14,15)16)19-9-4-6-20(7-5-9)10-2-3-10/h9-11,21H,2-8H2,1H3,(H2,17,18,19). The van der Waals surface area contributed by atoms with Crippen molar-refractivity contribution in [2.75, 3.05) is 26.7 Å². The van der Waals surface area contributed by atoms with Crippen molar-refractivity contribution in [1.82, 2.24) is 15.5 Å². The quantitative estimate of drug-likeness (QED) is 0.529. The van der Waals surface area contributed by atoms with Crippen molar-refractivity contribution in [2.45, 2.75) is 50.0 Å². The first-order valence-corrected chi connectivity index (χ1v) is 7.36. The summed E-state index contributed by atoms with van der Waals surface area (Å²) in [6, 6.07) is 0.972. The fourth-order valence-corrected chi connectivity index (χ4v) is 2.55. The number of nitrogens with zero attached hydrogens (tertiary/aromatic N) is 2. The maximum Gasteiger partial charge on any atom is 0.416 e. The van der Waals surface area contributed by atoms with E-state index in [2.05, 4.69) is 20.5 Å². The van der Waals surface area contributed by atoms with Crippen molar-refractivity contribution in [3.63, 3.8) is 0 Å². The summed E-state index contributed by atoms with van der Waals surface area (Å²) in [4.78, 5) is 6.38. The summed E-state index contributed by atoms with van der Waals surface area (Å²) in [7, 11) is 1.51. The molecule has 0 aromatic carbocycles. The van der Waals surface area contributed by atoms with Crippen LogP contribution in [0.2, 0.25) is 0 Å². The fourth-order valence-electron chi connectivity index (χ4n) is 2.55. The van der Waals surface area contributed by atoms with Crippen molar-refractivity contribution < 1.29 is 18.3 Å². The molecule has 0 aromatic rings. The maximum absolute atomic E-state index is 12.2. The van der Waals surface area contributed by atoms with Crippen molar-refractivity contribution in [3.8, 4) is 0 Å². The van der Waals surface area contributed by atoms with Crippen LogP contribution in [-0.4, -0.2) is 67.0 Å². The van der Waals surface area contributed by atoms with E-state index in [4.69, 9.17) is 5.11 Å². The molecule has 21 heavy (non-hydrogen) atoms. The Bertz CT molecular complexity index is 363. The number of nitrogens with one attached hydrogen (secondary N) is 2. The molecule has 0 amide bonds. The molecule has 1 saturated carbocycles. The largest absolute Gasteiger partial charge is 0.416 e. The molecule has 0 spiro atoms. The van der Waals surface area contributed by atoms with Gasteiger partial charge in [-0.1, -0.05) is 0 Å². The van der Waals surface area contributed by atoms with E-state index in [9.17, 15) is 13.2 Å². The summed E-state index contributed by atoms with van der Waals surface area (Å²) in [5.74, 6) is 0.308. The Kier molecular flexibility index (Phi) is 5.32. The minimum atomic E-state index is -4.61. The normalized spacial score (nSPS) is 24.0. The number of guanidine groups is 1. The lowest BCUT2D eigenvalue weighted by Crippen LogP contribution is -2.51. The summed E-state index contributed by atoms with van der Waals surface area (Å²) in [5.41, 5.74) is 0. The summed E-state index contributed by atoms with van der Waals surface area (Å²) in [6.45, 7) is 1.44. The van der Waals surface area contributed by atoms with Crippen LogP contribution in [0.25, 0.3) is 0 Å². The summed E-state index contributed by atoms with van der Waals surface area (Å²) >= 11 is 0. The molecule has 2 aliphatic rings. The van der Waals surface area contributed by atoms with E-state index in [0.29, 0.717) is 5.96 Å². The minimum Gasteiger partial charge on any atom is -0.382 e. The zero-order valence-electron chi connectivity index (χ0n) is 12.2. The molecule has 8 heteroatoms. The summed E-state index contributed by atoms with van der Waals surface area (Å²) in [6.07, 6.45) is -2.50. The molecule has 122 valence electrons. The number of likely N-dealkylation sites (tertiary alicyclic amines) is 1. The summed E-state index contributed by atoms with van der Waals surface area (Å²) in [5, 5.41) is 14.6. The molecular formula is C13H23F3N4O. The number of halogens is 3. The number of alkyl halides is 3. The number of hydrogen-bond acceptors (Lipinski definition) is 3. The molecule has 0 radical (unpaired) electrons. The van der Waals surface area contributed by atoms with E-state index < -0.39 is 18.8 Å². The maximum atomic E-state index is 12.2. The van der Waals surface area contributed by atoms with E-state index in [1.807, 2.05) is 0 Å². The average Bonchev–Trinajstić information content (AvgIpc) is 3.27. The Hall–Kier alpha value is -1.02. The smallest absolute Gasteiger partial charge is 0.382 e. The Balaban J connectivity index is 1.70. The van der Waals surface area contributed by atoms with Crippen LogP contribution in [0.3, 0.4) is 0 Å². The van der Waals surface area contributed by atoms with Gasteiger partial charge in [0.15, 0.2) is 12.1 Å². The average molecular weight is 308 g/mol. The molecule has 5 nitrogen and oxygen atoms in total. The predicted molar refractivity (Wildman–Crippen MR) is 74.2 cm³/mol. The topological polar surface area (TPSA) is 59.9 Å². The molecule has 1 atom stereocenters. The van der Waals surface area contributed by atoms with Crippen LogP contribution < -0.4 is 10.6 Å². The van der Waals surface area contributed by atoms with E-state index in [1.165, 1.54) is 19.9 Å². The van der Waals surface area contributed by atoms with Crippen molar-refractivity contribution in [3.05, 3.63) is 0 Å². The Morgan fingerprint density at radius 1 is 1.29 bits per heavy atom. The summed E-state index contributed by atoms with van der Waals surface area (Å²) < 4.78 is 36.7. The van der Waals surface area contributed by atoms with Gasteiger partial charge in [-0.3, -0.25) is 4.99 Å². The zero-order valence-corrected chi connectivity index (χ0v) is 12.2. The van der Waals surface area contributed by atoms with Gasteiger partial charge in [0, 0.05) is 32.2 Å². The molecule has 1 unspecified atom stereocenters. The van der Waals surface area contributed by atoms with Gasteiger partial charge in [-0.2, -0.15) is 13.2 Å². The molecular weight excluding hydrogens is 285 g/mol. The molecule has 2 fully saturated rings. The molecule has 1 aliphatic heterocycles. The lowest BCUT2D eigenvalue weighted by Gasteiger charge is -2.33. The molecule has 1 saturated heterocycles. The molecule has 2 rings (SSSR count). The third-order valence-corrected chi connectivity index (χ3v) is 4.00. The van der Waals surface area contributed by atoms with Crippen molar-refractivity contribution in [2.24, 2.45) is 4.99 Å². The van der Waals surface area contributed by atoms with Gasteiger partial charge in [0.05, 0.1) is 6.54 Å². The second-order valence-electron chi connectivity index (χ2n) is 5.70. The monoisotopic (exact) mass is 308 g/mol. The molecule has 1 aliphatic carbocycles. The number of aliphatic hydroxyl groups excluding tert-OH is 1. The van der Waals surface area contributed by atoms with Gasteiger partial charge in [0.25, 0.3) is 0 Å².